The molecular weight excluding hydrogens is 656 g/mol. The van der Waals surface area contributed by atoms with E-state index in [4.69, 9.17) is 31.0 Å². The third-order valence-electron chi connectivity index (χ3n) is 10.0. The summed E-state index contributed by atoms with van der Waals surface area (Å²) in [6, 6.07) is 20.5. The summed E-state index contributed by atoms with van der Waals surface area (Å²) in [7, 11) is 0. The lowest BCUT2D eigenvalue weighted by atomic mass is 9.91. The number of ether oxygens (including phenoxy) is 2. The number of pyridine rings is 1. The number of rotatable bonds is 12. The normalized spacial score (nSPS) is 14.9. The van der Waals surface area contributed by atoms with Gasteiger partial charge in [0.25, 0.3) is 0 Å². The van der Waals surface area contributed by atoms with Crippen molar-refractivity contribution in [2.24, 2.45) is 0 Å². The molecule has 5 aromatic rings. The van der Waals surface area contributed by atoms with Gasteiger partial charge in [-0.1, -0.05) is 48.0 Å². The van der Waals surface area contributed by atoms with Crippen molar-refractivity contribution in [1.29, 1.82) is 5.26 Å². The summed E-state index contributed by atoms with van der Waals surface area (Å²) in [6.07, 6.45) is 12.1. The lowest BCUT2D eigenvalue weighted by Crippen LogP contribution is -2.19. The van der Waals surface area contributed by atoms with Crippen LogP contribution in [-0.2, 0) is 26.3 Å². The van der Waals surface area contributed by atoms with Crippen molar-refractivity contribution in [1.82, 2.24) is 24.8 Å². The van der Waals surface area contributed by atoms with Gasteiger partial charge < -0.3 is 9.47 Å². The van der Waals surface area contributed by atoms with Gasteiger partial charge in [-0.05, 0) is 106 Å². The Morgan fingerprint density at radius 2 is 1.33 bits per heavy atom. The fraction of sp³-hybridized carbons (Fsp3) is 0.333. The zero-order valence-corrected chi connectivity index (χ0v) is 30.1. The molecule has 0 bridgehead atoms. The Morgan fingerprint density at radius 3 is 2.06 bits per heavy atom. The summed E-state index contributed by atoms with van der Waals surface area (Å²) in [4.78, 5) is 18.6. The highest BCUT2D eigenvalue weighted by molar-refractivity contribution is 6.32. The van der Waals surface area contributed by atoms with Crippen molar-refractivity contribution >= 4 is 11.6 Å². The average molecular weight is 699 g/mol. The van der Waals surface area contributed by atoms with Gasteiger partial charge in [-0.15, -0.1) is 0 Å². The van der Waals surface area contributed by atoms with E-state index in [1.165, 1.54) is 25.7 Å². The first-order chi connectivity index (χ1) is 24.9. The van der Waals surface area contributed by atoms with Crippen LogP contribution in [0.5, 0.6) is 11.5 Å². The monoisotopic (exact) mass is 698 g/mol. The summed E-state index contributed by atoms with van der Waals surface area (Å²) in [6.45, 7) is 11.0. The van der Waals surface area contributed by atoms with Crippen LogP contribution in [0.4, 0.5) is 0 Å². The van der Waals surface area contributed by atoms with Crippen LogP contribution in [0.1, 0.15) is 64.6 Å². The molecule has 0 unspecified atom stereocenters. The molecule has 2 aromatic heterocycles. The van der Waals surface area contributed by atoms with E-state index in [2.05, 4.69) is 71.1 Å². The maximum absolute atomic E-state index is 9.32. The quantitative estimate of drug-likeness (QED) is 0.128. The Kier molecular flexibility index (Phi) is 10.9. The average Bonchev–Trinajstić information content (AvgIpc) is 3.87. The predicted octanol–water partition coefficient (Wildman–Crippen LogP) is 8.70. The standard InChI is InChI=1S/C42H43ClN6O2/c1-29-34(9-7-10-36(29)37-11-8-12-38(30(37)2)42-46-23-33(24-47-42)25-48-13-3-4-14-48)28-51-41-19-40(50-27-32-17-31(20-44)21-45-22-32)35(18-39(41)43)26-49-15-5-6-16-49/h7-12,17-19,21-24H,3-6,13-16,25-28H2,1-2H3. The molecule has 0 N–H and O–H groups in total. The largest absolute Gasteiger partial charge is 0.488 e. The molecule has 0 amide bonds. The lowest BCUT2D eigenvalue weighted by Gasteiger charge is -2.20. The molecule has 2 fully saturated rings. The molecule has 7 rings (SSSR count). The number of nitriles is 1. The molecule has 8 nitrogen and oxygen atoms in total. The molecule has 0 atom stereocenters. The van der Waals surface area contributed by atoms with Crippen molar-refractivity contribution in [2.75, 3.05) is 26.2 Å². The SMILES string of the molecule is Cc1c(COc2cc(OCc3cncc(C#N)c3)c(CN3CCCC3)cc2Cl)cccc1-c1cccc(-c2ncc(CN3CCCC3)cn2)c1C. The highest BCUT2D eigenvalue weighted by atomic mass is 35.5. The van der Waals surface area contributed by atoms with E-state index < -0.39 is 0 Å². The van der Waals surface area contributed by atoms with Crippen molar-refractivity contribution in [3.05, 3.63) is 123 Å². The van der Waals surface area contributed by atoms with E-state index in [1.807, 2.05) is 24.5 Å². The molecule has 2 saturated heterocycles. The van der Waals surface area contributed by atoms with Crippen LogP contribution in [0.15, 0.2) is 79.4 Å². The molecule has 4 heterocycles. The van der Waals surface area contributed by atoms with Crippen LogP contribution in [0.25, 0.3) is 22.5 Å². The second-order valence-corrected chi connectivity index (χ2v) is 14.0. The number of nitrogens with zero attached hydrogens (tertiary/aromatic N) is 6. The molecule has 260 valence electrons. The minimum atomic E-state index is 0.282. The van der Waals surface area contributed by atoms with E-state index in [0.29, 0.717) is 28.7 Å². The molecule has 51 heavy (non-hydrogen) atoms. The zero-order valence-electron chi connectivity index (χ0n) is 29.4. The number of halogens is 1. The van der Waals surface area contributed by atoms with Gasteiger partial charge in [-0.2, -0.15) is 5.26 Å². The first kappa shape index (κ1) is 34.6. The smallest absolute Gasteiger partial charge is 0.159 e. The number of aromatic nitrogens is 3. The predicted molar refractivity (Wildman–Crippen MR) is 200 cm³/mol. The Bertz CT molecular complexity index is 2030. The van der Waals surface area contributed by atoms with E-state index in [9.17, 15) is 5.26 Å². The second kappa shape index (κ2) is 16.0. The van der Waals surface area contributed by atoms with E-state index in [0.717, 1.165) is 95.2 Å². The Balaban J connectivity index is 1.10. The highest BCUT2D eigenvalue weighted by Crippen LogP contribution is 2.37. The molecule has 2 aliphatic rings. The van der Waals surface area contributed by atoms with Gasteiger partial charge in [-0.3, -0.25) is 14.8 Å². The minimum Gasteiger partial charge on any atom is -0.488 e. The molecule has 2 aliphatic heterocycles. The number of hydrogen-bond acceptors (Lipinski definition) is 8. The third kappa shape index (κ3) is 8.23. The van der Waals surface area contributed by atoms with Gasteiger partial charge >= 0.3 is 0 Å². The third-order valence-corrected chi connectivity index (χ3v) is 10.3. The summed E-state index contributed by atoms with van der Waals surface area (Å²) < 4.78 is 12.8. The van der Waals surface area contributed by atoms with E-state index in [-0.39, 0.29) is 6.61 Å². The first-order valence-corrected chi connectivity index (χ1v) is 18.2. The van der Waals surface area contributed by atoms with Gasteiger partial charge in [-0.25, -0.2) is 9.97 Å². The summed E-state index contributed by atoms with van der Waals surface area (Å²) in [5, 5.41) is 9.87. The van der Waals surface area contributed by atoms with Crippen LogP contribution in [-0.4, -0.2) is 50.9 Å². The van der Waals surface area contributed by atoms with Crippen LogP contribution in [0.3, 0.4) is 0 Å². The molecular formula is C42H43ClN6O2. The number of likely N-dealkylation sites (tertiary alicyclic amines) is 2. The summed E-state index contributed by atoms with van der Waals surface area (Å²) in [5.41, 5.74) is 10.2. The zero-order chi connectivity index (χ0) is 35.2. The first-order valence-electron chi connectivity index (χ1n) is 17.8. The molecule has 0 spiro atoms. The summed E-state index contributed by atoms with van der Waals surface area (Å²) in [5.74, 6) is 2.02. The Hall–Kier alpha value is -4.81. The van der Waals surface area contributed by atoms with Crippen molar-refractivity contribution in [2.45, 2.75) is 65.8 Å². The second-order valence-electron chi connectivity index (χ2n) is 13.6. The molecule has 0 saturated carbocycles. The van der Waals surface area contributed by atoms with Gasteiger partial charge in [0.15, 0.2) is 5.82 Å². The highest BCUT2D eigenvalue weighted by Gasteiger charge is 2.19. The molecule has 0 radical (unpaired) electrons. The van der Waals surface area contributed by atoms with Crippen LogP contribution >= 0.6 is 11.6 Å². The van der Waals surface area contributed by atoms with E-state index in [1.54, 1.807) is 18.5 Å². The maximum atomic E-state index is 9.32. The van der Waals surface area contributed by atoms with Crippen LogP contribution < -0.4 is 9.47 Å². The van der Waals surface area contributed by atoms with Gasteiger partial charge in [0.2, 0.25) is 0 Å². The van der Waals surface area contributed by atoms with E-state index >= 15 is 0 Å². The lowest BCUT2D eigenvalue weighted by molar-refractivity contribution is 0.277. The number of benzene rings is 3. The number of hydrogen-bond donors (Lipinski definition) is 0. The molecule has 9 heteroatoms. The molecule has 3 aromatic carbocycles. The van der Waals surface area contributed by atoms with Gasteiger partial charge in [0.1, 0.15) is 30.8 Å². The topological polar surface area (TPSA) is 87.4 Å². The Morgan fingerprint density at radius 1 is 0.686 bits per heavy atom. The maximum Gasteiger partial charge on any atom is 0.159 e. The molecule has 0 aliphatic carbocycles. The minimum absolute atomic E-state index is 0.282. The van der Waals surface area contributed by atoms with Crippen LogP contribution in [0.2, 0.25) is 5.02 Å². The van der Waals surface area contributed by atoms with Gasteiger partial charge in [0, 0.05) is 66.2 Å². The van der Waals surface area contributed by atoms with Crippen molar-refractivity contribution < 1.29 is 9.47 Å². The fourth-order valence-electron chi connectivity index (χ4n) is 7.15. The van der Waals surface area contributed by atoms with Crippen molar-refractivity contribution in [3.8, 4) is 40.1 Å². The van der Waals surface area contributed by atoms with Crippen LogP contribution in [0, 0.1) is 25.2 Å². The summed E-state index contributed by atoms with van der Waals surface area (Å²) >= 11 is 6.87. The van der Waals surface area contributed by atoms with Crippen molar-refractivity contribution in [3.63, 3.8) is 0 Å². The Labute approximate surface area is 305 Å². The fourth-order valence-corrected chi connectivity index (χ4v) is 7.39. The van der Waals surface area contributed by atoms with Gasteiger partial charge in [0.05, 0.1) is 10.6 Å².